The van der Waals surface area contributed by atoms with Crippen molar-refractivity contribution in [3.05, 3.63) is 64.1 Å². The highest BCUT2D eigenvalue weighted by Crippen LogP contribution is 2.16. The lowest BCUT2D eigenvalue weighted by Crippen LogP contribution is -2.18. The minimum atomic E-state index is -0.262. The van der Waals surface area contributed by atoms with Crippen LogP contribution >= 0.6 is 11.3 Å². The van der Waals surface area contributed by atoms with Crippen molar-refractivity contribution in [3.8, 4) is 5.69 Å². The zero-order valence-corrected chi connectivity index (χ0v) is 13.3. The molecule has 1 unspecified atom stereocenters. The van der Waals surface area contributed by atoms with Crippen LogP contribution in [-0.4, -0.2) is 14.8 Å². The molecule has 1 atom stereocenters. The number of aryl methyl sites for hydroxylation is 1. The first-order valence-electron chi connectivity index (χ1n) is 7.06. The third kappa shape index (κ3) is 3.23. The second-order valence-electron chi connectivity index (χ2n) is 5.18. The van der Waals surface area contributed by atoms with Crippen LogP contribution in [0.15, 0.2) is 41.4 Å². The largest absolute Gasteiger partial charge is 0.305 e. The maximum atomic E-state index is 13.3. The van der Waals surface area contributed by atoms with E-state index in [-0.39, 0.29) is 11.9 Å². The molecule has 114 valence electrons. The lowest BCUT2D eigenvalue weighted by atomic mass is 10.2. The van der Waals surface area contributed by atoms with Gasteiger partial charge in [0.05, 0.1) is 22.6 Å². The molecule has 0 saturated heterocycles. The van der Waals surface area contributed by atoms with E-state index >= 15 is 0 Å². The summed E-state index contributed by atoms with van der Waals surface area (Å²) in [6, 6.07) is 6.61. The van der Waals surface area contributed by atoms with E-state index in [0.29, 0.717) is 6.54 Å². The molecule has 0 radical (unpaired) electrons. The Balaban J connectivity index is 1.73. The number of halogens is 1. The molecule has 22 heavy (non-hydrogen) atoms. The van der Waals surface area contributed by atoms with Crippen molar-refractivity contribution in [2.75, 3.05) is 0 Å². The van der Waals surface area contributed by atoms with Crippen LogP contribution < -0.4 is 5.32 Å². The van der Waals surface area contributed by atoms with E-state index in [4.69, 9.17) is 0 Å². The average molecular weight is 316 g/mol. The molecule has 0 spiro atoms. The molecule has 0 bridgehead atoms. The smallest absolute Gasteiger partial charge is 0.125 e. The standard InChI is InChI=1S/C16H17FN4S/c1-11-13(7-18-12(2)16-9-22-10-19-16)8-21(20-11)15-5-3-4-14(17)6-15/h3-6,8-10,12,18H,7H2,1-2H3. The van der Waals surface area contributed by atoms with Crippen LogP contribution in [0.4, 0.5) is 4.39 Å². The molecule has 3 rings (SSSR count). The van der Waals surface area contributed by atoms with Crippen molar-refractivity contribution in [3.63, 3.8) is 0 Å². The van der Waals surface area contributed by atoms with Crippen LogP contribution in [0.25, 0.3) is 5.69 Å². The van der Waals surface area contributed by atoms with E-state index < -0.39 is 0 Å². The van der Waals surface area contributed by atoms with Crippen molar-refractivity contribution in [2.45, 2.75) is 26.4 Å². The van der Waals surface area contributed by atoms with Crippen molar-refractivity contribution >= 4 is 11.3 Å². The molecule has 4 nitrogen and oxygen atoms in total. The van der Waals surface area contributed by atoms with Crippen molar-refractivity contribution < 1.29 is 4.39 Å². The van der Waals surface area contributed by atoms with Gasteiger partial charge in [0.25, 0.3) is 0 Å². The molecule has 2 heterocycles. The maximum absolute atomic E-state index is 13.3. The molecule has 0 fully saturated rings. The van der Waals surface area contributed by atoms with Crippen molar-refractivity contribution in [1.29, 1.82) is 0 Å². The van der Waals surface area contributed by atoms with Crippen LogP contribution in [0.5, 0.6) is 0 Å². The number of nitrogens with one attached hydrogen (secondary N) is 1. The Morgan fingerprint density at radius 2 is 2.27 bits per heavy atom. The van der Waals surface area contributed by atoms with E-state index in [1.807, 2.05) is 30.1 Å². The Hall–Kier alpha value is -2.05. The van der Waals surface area contributed by atoms with Crippen LogP contribution in [0.2, 0.25) is 0 Å². The highest BCUT2D eigenvalue weighted by Gasteiger charge is 2.10. The normalized spacial score (nSPS) is 12.5. The molecule has 6 heteroatoms. The SMILES string of the molecule is Cc1nn(-c2cccc(F)c2)cc1CNC(C)c1cscn1. The van der Waals surface area contributed by atoms with E-state index in [1.54, 1.807) is 22.1 Å². The first kappa shape index (κ1) is 14.9. The molecular formula is C16H17FN4S. The van der Waals surface area contributed by atoms with Gasteiger partial charge in [-0.25, -0.2) is 14.1 Å². The average Bonchev–Trinajstić information content (AvgIpc) is 3.14. The van der Waals surface area contributed by atoms with Gasteiger partial charge < -0.3 is 5.32 Å². The lowest BCUT2D eigenvalue weighted by molar-refractivity contribution is 0.563. The molecule has 1 aromatic carbocycles. The Morgan fingerprint density at radius 3 is 3.00 bits per heavy atom. The third-order valence-electron chi connectivity index (χ3n) is 3.57. The quantitative estimate of drug-likeness (QED) is 0.781. The van der Waals surface area contributed by atoms with Gasteiger partial charge in [-0.15, -0.1) is 11.3 Å². The van der Waals surface area contributed by atoms with Crippen molar-refractivity contribution in [1.82, 2.24) is 20.1 Å². The Bertz CT molecular complexity index is 751. The molecule has 0 aliphatic carbocycles. The van der Waals surface area contributed by atoms with Gasteiger partial charge in [0.2, 0.25) is 0 Å². The summed E-state index contributed by atoms with van der Waals surface area (Å²) in [5.41, 5.74) is 5.62. The summed E-state index contributed by atoms with van der Waals surface area (Å²) < 4.78 is 15.0. The summed E-state index contributed by atoms with van der Waals surface area (Å²) in [7, 11) is 0. The number of rotatable bonds is 5. The molecule has 1 N–H and O–H groups in total. The zero-order chi connectivity index (χ0) is 15.5. The first-order chi connectivity index (χ1) is 10.6. The van der Waals surface area contributed by atoms with Gasteiger partial charge in [-0.2, -0.15) is 5.10 Å². The number of aromatic nitrogens is 3. The van der Waals surface area contributed by atoms with Gasteiger partial charge in [0, 0.05) is 29.7 Å². The summed E-state index contributed by atoms with van der Waals surface area (Å²) >= 11 is 1.59. The van der Waals surface area contributed by atoms with Gasteiger partial charge >= 0.3 is 0 Å². The number of hydrogen-bond donors (Lipinski definition) is 1. The Kier molecular flexibility index (Phi) is 4.31. The van der Waals surface area contributed by atoms with Crippen LogP contribution in [-0.2, 0) is 6.54 Å². The third-order valence-corrected chi connectivity index (χ3v) is 4.17. The summed E-state index contributed by atoms with van der Waals surface area (Å²) in [5, 5.41) is 9.94. The van der Waals surface area contributed by atoms with E-state index in [0.717, 1.165) is 22.6 Å². The fourth-order valence-corrected chi connectivity index (χ4v) is 2.87. The van der Waals surface area contributed by atoms with E-state index in [9.17, 15) is 4.39 Å². The van der Waals surface area contributed by atoms with Crippen LogP contribution in [0.3, 0.4) is 0 Å². The van der Waals surface area contributed by atoms with E-state index in [1.165, 1.54) is 12.1 Å². The zero-order valence-electron chi connectivity index (χ0n) is 12.5. The number of nitrogens with zero attached hydrogens (tertiary/aromatic N) is 3. The predicted octanol–water partition coefficient (Wildman–Crippen LogP) is 3.63. The molecule has 3 aromatic rings. The monoisotopic (exact) mass is 316 g/mol. The summed E-state index contributed by atoms with van der Waals surface area (Å²) in [5.74, 6) is -0.262. The lowest BCUT2D eigenvalue weighted by Gasteiger charge is -2.10. The van der Waals surface area contributed by atoms with Crippen molar-refractivity contribution in [2.24, 2.45) is 0 Å². The highest BCUT2D eigenvalue weighted by atomic mass is 32.1. The fourth-order valence-electron chi connectivity index (χ4n) is 2.22. The summed E-state index contributed by atoms with van der Waals surface area (Å²) in [4.78, 5) is 4.31. The highest BCUT2D eigenvalue weighted by molar-refractivity contribution is 7.07. The first-order valence-corrected chi connectivity index (χ1v) is 8.00. The number of benzene rings is 1. The van der Waals surface area contributed by atoms with Gasteiger partial charge in [-0.3, -0.25) is 0 Å². The molecule has 0 saturated carbocycles. The van der Waals surface area contributed by atoms with Gasteiger partial charge in [0.1, 0.15) is 5.82 Å². The minimum Gasteiger partial charge on any atom is -0.305 e. The number of hydrogen-bond acceptors (Lipinski definition) is 4. The maximum Gasteiger partial charge on any atom is 0.125 e. The van der Waals surface area contributed by atoms with Gasteiger partial charge in [-0.1, -0.05) is 6.07 Å². The molecule has 2 aromatic heterocycles. The molecule has 0 amide bonds. The number of thiazole rings is 1. The Labute approximate surface area is 132 Å². The molecule has 0 aliphatic rings. The predicted molar refractivity (Wildman–Crippen MR) is 85.6 cm³/mol. The summed E-state index contributed by atoms with van der Waals surface area (Å²) in [6.07, 6.45) is 1.94. The minimum absolute atomic E-state index is 0.183. The van der Waals surface area contributed by atoms with Crippen LogP contribution in [0.1, 0.15) is 29.9 Å². The Morgan fingerprint density at radius 1 is 1.41 bits per heavy atom. The van der Waals surface area contributed by atoms with Gasteiger partial charge in [-0.05, 0) is 32.0 Å². The topological polar surface area (TPSA) is 42.7 Å². The molecular weight excluding hydrogens is 299 g/mol. The second kappa shape index (κ2) is 6.37. The fraction of sp³-hybridized carbons (Fsp3) is 0.250. The van der Waals surface area contributed by atoms with E-state index in [2.05, 4.69) is 22.3 Å². The van der Waals surface area contributed by atoms with Crippen LogP contribution in [0, 0.1) is 12.7 Å². The second-order valence-corrected chi connectivity index (χ2v) is 5.90. The summed E-state index contributed by atoms with van der Waals surface area (Å²) in [6.45, 7) is 4.74. The molecule has 0 aliphatic heterocycles. The van der Waals surface area contributed by atoms with Gasteiger partial charge in [0.15, 0.2) is 0 Å².